The third kappa shape index (κ3) is 4.27. The van der Waals surface area contributed by atoms with Crippen LogP contribution in [0.15, 0.2) is 60.7 Å². The maximum Gasteiger partial charge on any atom is 0.333 e. The molecule has 4 heterocycles. The van der Waals surface area contributed by atoms with Gasteiger partial charge in [-0.15, -0.1) is 10.2 Å². The highest BCUT2D eigenvalue weighted by molar-refractivity contribution is 6.31. The average molecular weight is 523 g/mol. The van der Waals surface area contributed by atoms with Crippen molar-refractivity contribution in [3.05, 3.63) is 82.7 Å². The summed E-state index contributed by atoms with van der Waals surface area (Å²) in [6.07, 6.45) is 6.52. The lowest BCUT2D eigenvalue weighted by molar-refractivity contribution is 0.0269. The van der Waals surface area contributed by atoms with E-state index in [1.807, 2.05) is 36.7 Å². The molecule has 11 heteroatoms. The van der Waals surface area contributed by atoms with E-state index >= 15 is 8.78 Å². The lowest BCUT2D eigenvalue weighted by Gasteiger charge is -2.27. The second-order valence-electron chi connectivity index (χ2n) is 8.89. The first-order chi connectivity index (χ1) is 17.7. The number of allylic oxidation sites excluding steroid dienone is 1. The van der Waals surface area contributed by atoms with Crippen molar-refractivity contribution < 1.29 is 8.78 Å². The predicted molar refractivity (Wildman–Crippen MR) is 140 cm³/mol. The van der Waals surface area contributed by atoms with Crippen LogP contribution < -0.4 is 10.6 Å². The Bertz CT molecular complexity index is 1520. The van der Waals surface area contributed by atoms with Crippen molar-refractivity contribution in [1.82, 2.24) is 29.6 Å². The van der Waals surface area contributed by atoms with Gasteiger partial charge in [-0.1, -0.05) is 29.8 Å². The third-order valence-corrected chi connectivity index (χ3v) is 6.74. The van der Waals surface area contributed by atoms with E-state index in [0.717, 1.165) is 16.7 Å². The van der Waals surface area contributed by atoms with Gasteiger partial charge in [0.2, 0.25) is 5.82 Å². The smallest absolute Gasteiger partial charge is 0.333 e. The van der Waals surface area contributed by atoms with Crippen LogP contribution in [0.2, 0.25) is 5.02 Å². The zero-order valence-electron chi connectivity index (χ0n) is 20.4. The van der Waals surface area contributed by atoms with Crippen LogP contribution in [-0.2, 0) is 12.5 Å². The van der Waals surface area contributed by atoms with Crippen LogP contribution in [-0.4, -0.2) is 37.6 Å². The van der Waals surface area contributed by atoms with Gasteiger partial charge in [0.05, 0.1) is 16.8 Å². The number of aromatic nitrogens is 5. The largest absolute Gasteiger partial charge is 0.375 e. The molecule has 0 saturated carbocycles. The highest BCUT2D eigenvalue weighted by Crippen LogP contribution is 2.43. The number of halogens is 3. The molecule has 5 rings (SSSR count). The van der Waals surface area contributed by atoms with Crippen LogP contribution in [0.1, 0.15) is 29.9 Å². The first-order valence-corrected chi connectivity index (χ1v) is 12.0. The molecule has 4 aromatic rings. The molecule has 0 radical (unpaired) electrons. The van der Waals surface area contributed by atoms with Gasteiger partial charge in [-0.05, 0) is 49.2 Å². The van der Waals surface area contributed by atoms with E-state index in [1.54, 1.807) is 25.4 Å². The SMILES string of the molecule is CN/C(=C\C=N)Nc1cc(-c2cc3n(c2)C[C@H](C)n2c-3nnc2C(F)(F)c2ccccc2Cl)c(C)cn1. The molecular weight excluding hydrogens is 498 g/mol. The van der Waals surface area contributed by atoms with Gasteiger partial charge in [0.25, 0.3) is 0 Å². The van der Waals surface area contributed by atoms with Gasteiger partial charge in [-0.25, -0.2) is 4.98 Å². The number of hydrogen-bond acceptors (Lipinski definition) is 6. The van der Waals surface area contributed by atoms with Gasteiger partial charge in [0, 0.05) is 43.3 Å². The Balaban J connectivity index is 1.56. The molecule has 3 N–H and O–H groups in total. The summed E-state index contributed by atoms with van der Waals surface area (Å²) < 4.78 is 34.8. The molecule has 190 valence electrons. The quantitative estimate of drug-likeness (QED) is 0.274. The first-order valence-electron chi connectivity index (χ1n) is 11.7. The maximum atomic E-state index is 15.6. The maximum absolute atomic E-state index is 15.6. The summed E-state index contributed by atoms with van der Waals surface area (Å²) in [6.45, 7) is 4.31. The minimum atomic E-state index is -3.41. The topological polar surface area (TPSA) is 96.4 Å². The summed E-state index contributed by atoms with van der Waals surface area (Å²) >= 11 is 6.11. The van der Waals surface area contributed by atoms with E-state index in [2.05, 4.69) is 25.8 Å². The Morgan fingerprint density at radius 2 is 2.03 bits per heavy atom. The van der Waals surface area contributed by atoms with Crippen LogP contribution in [0.25, 0.3) is 22.6 Å². The molecule has 0 saturated heterocycles. The van der Waals surface area contributed by atoms with Crippen molar-refractivity contribution in [1.29, 1.82) is 5.41 Å². The predicted octanol–water partition coefficient (Wildman–Crippen LogP) is 5.61. The molecule has 1 aliphatic rings. The highest BCUT2D eigenvalue weighted by Gasteiger charge is 2.44. The number of nitrogens with zero attached hydrogens (tertiary/aromatic N) is 5. The number of fused-ring (bicyclic) bond motifs is 3. The number of aryl methyl sites for hydroxylation is 1. The number of nitrogens with one attached hydrogen (secondary N) is 3. The van der Waals surface area contributed by atoms with E-state index in [1.165, 1.54) is 29.0 Å². The molecule has 1 aromatic carbocycles. The van der Waals surface area contributed by atoms with E-state index in [0.29, 0.717) is 29.7 Å². The van der Waals surface area contributed by atoms with Crippen LogP contribution in [0.5, 0.6) is 0 Å². The number of alkyl halides is 2. The molecule has 0 aliphatic carbocycles. The molecule has 0 amide bonds. The first kappa shape index (κ1) is 24.6. The van der Waals surface area contributed by atoms with Gasteiger partial charge in [0.15, 0.2) is 5.82 Å². The van der Waals surface area contributed by atoms with Crippen molar-refractivity contribution >= 4 is 23.6 Å². The molecule has 37 heavy (non-hydrogen) atoms. The monoisotopic (exact) mass is 522 g/mol. The number of anilines is 1. The summed E-state index contributed by atoms with van der Waals surface area (Å²) in [4.78, 5) is 4.44. The Morgan fingerprint density at radius 1 is 1.24 bits per heavy atom. The van der Waals surface area contributed by atoms with Crippen LogP contribution >= 0.6 is 11.6 Å². The second-order valence-corrected chi connectivity index (χ2v) is 9.30. The van der Waals surface area contributed by atoms with Crippen molar-refractivity contribution in [3.8, 4) is 22.6 Å². The number of hydrogen-bond donors (Lipinski definition) is 3. The van der Waals surface area contributed by atoms with Gasteiger partial charge >= 0.3 is 5.92 Å². The number of benzene rings is 1. The molecule has 8 nitrogen and oxygen atoms in total. The number of pyridine rings is 1. The van der Waals surface area contributed by atoms with Crippen LogP contribution in [0.3, 0.4) is 0 Å². The Morgan fingerprint density at radius 3 is 2.76 bits per heavy atom. The summed E-state index contributed by atoms with van der Waals surface area (Å²) in [5.74, 6) is -2.23. The fourth-order valence-electron chi connectivity index (χ4n) is 4.61. The summed E-state index contributed by atoms with van der Waals surface area (Å²) in [6, 6.07) is 9.45. The summed E-state index contributed by atoms with van der Waals surface area (Å²) in [5.41, 5.74) is 3.20. The molecule has 0 fully saturated rings. The van der Waals surface area contributed by atoms with Crippen LogP contribution in [0.4, 0.5) is 14.6 Å². The van der Waals surface area contributed by atoms with Gasteiger partial charge < -0.3 is 20.6 Å². The fourth-order valence-corrected chi connectivity index (χ4v) is 4.86. The van der Waals surface area contributed by atoms with E-state index in [9.17, 15) is 0 Å². The average Bonchev–Trinajstić information content (AvgIpc) is 3.50. The molecule has 1 atom stereocenters. The second kappa shape index (κ2) is 9.44. The van der Waals surface area contributed by atoms with E-state index < -0.39 is 11.7 Å². The number of rotatable bonds is 7. The minimum Gasteiger partial charge on any atom is -0.375 e. The lowest BCUT2D eigenvalue weighted by atomic mass is 10.0. The van der Waals surface area contributed by atoms with Gasteiger partial charge in [0.1, 0.15) is 11.6 Å². The molecule has 0 spiro atoms. The van der Waals surface area contributed by atoms with Gasteiger partial charge in [-0.3, -0.25) is 4.57 Å². The van der Waals surface area contributed by atoms with Crippen molar-refractivity contribution in [2.24, 2.45) is 0 Å². The normalized spacial score (nSPS) is 15.2. The highest BCUT2D eigenvalue weighted by atomic mass is 35.5. The lowest BCUT2D eigenvalue weighted by Crippen LogP contribution is -2.28. The van der Waals surface area contributed by atoms with Crippen molar-refractivity contribution in [2.75, 3.05) is 12.4 Å². The zero-order valence-corrected chi connectivity index (χ0v) is 21.2. The van der Waals surface area contributed by atoms with Gasteiger partial charge in [-0.2, -0.15) is 8.78 Å². The van der Waals surface area contributed by atoms with E-state index in [4.69, 9.17) is 17.0 Å². The molecular formula is C26H25ClF2N8. The van der Waals surface area contributed by atoms with Crippen molar-refractivity contribution in [3.63, 3.8) is 0 Å². The summed E-state index contributed by atoms with van der Waals surface area (Å²) in [7, 11) is 1.75. The minimum absolute atomic E-state index is 0.0200. The van der Waals surface area contributed by atoms with Crippen molar-refractivity contribution in [2.45, 2.75) is 32.4 Å². The standard InChI is InChI=1S/C26H25ClF2N8/c1-15-12-32-23(33-22(31-3)8-9-30)11-18(15)17-10-21-24-34-35-25(37(24)16(2)13-36(21)14-17)26(28,29)19-6-4-5-7-20(19)27/h4-12,14,16,30-31H,13H2,1-3H3,(H,32,33)/b22-8+,30-9?/t16-/m0/s1. The fraction of sp³-hybridized carbons (Fsp3) is 0.231. The molecule has 0 unspecified atom stereocenters. The molecule has 0 bridgehead atoms. The van der Waals surface area contributed by atoms with E-state index in [-0.39, 0.29) is 16.6 Å². The molecule has 3 aromatic heterocycles. The third-order valence-electron chi connectivity index (χ3n) is 6.41. The summed E-state index contributed by atoms with van der Waals surface area (Å²) in [5, 5.41) is 21.5. The molecule has 1 aliphatic heterocycles. The zero-order chi connectivity index (χ0) is 26.3. The van der Waals surface area contributed by atoms with Crippen LogP contribution in [0, 0.1) is 12.3 Å². The Kier molecular flexibility index (Phi) is 6.28. The Hall–Kier alpha value is -4.05. The Labute approximate surface area is 217 Å².